The Bertz CT molecular complexity index is 266. The molecule has 0 bridgehead atoms. The molecule has 1 rings (SSSR count). The lowest BCUT2D eigenvalue weighted by Crippen LogP contribution is -2.08. The zero-order chi connectivity index (χ0) is 9.84. The Morgan fingerprint density at radius 3 is 2.69 bits per heavy atom. The van der Waals surface area contributed by atoms with E-state index in [-0.39, 0.29) is 11.2 Å². The van der Waals surface area contributed by atoms with Crippen molar-refractivity contribution in [2.75, 3.05) is 0 Å². The maximum atomic E-state index is 10.8. The van der Waals surface area contributed by atoms with Crippen LogP contribution in [0.4, 0.5) is 0 Å². The predicted molar refractivity (Wildman–Crippen MR) is 57.4 cm³/mol. The Kier molecular flexibility index (Phi) is 3.94. The van der Waals surface area contributed by atoms with Crippen molar-refractivity contribution in [3.8, 4) is 0 Å². The second-order valence-corrected chi connectivity index (χ2v) is 4.83. The third kappa shape index (κ3) is 3.12. The smallest absolute Gasteiger partial charge is 0.222 e. The van der Waals surface area contributed by atoms with Crippen LogP contribution in [0.2, 0.25) is 0 Å². The third-order valence-electron chi connectivity index (χ3n) is 2.09. The molecule has 13 heavy (non-hydrogen) atoms. The summed E-state index contributed by atoms with van der Waals surface area (Å²) >= 11 is 7.09. The van der Waals surface area contributed by atoms with Crippen LogP contribution < -0.4 is 0 Å². The molecule has 0 aliphatic rings. The van der Waals surface area contributed by atoms with Gasteiger partial charge in [0.1, 0.15) is 0 Å². The Morgan fingerprint density at radius 2 is 2.31 bits per heavy atom. The molecule has 1 unspecified atom stereocenters. The maximum Gasteiger partial charge on any atom is 0.222 e. The average Bonchev–Trinajstić information content (AvgIpc) is 2.50. The first-order chi connectivity index (χ1) is 6.11. The van der Waals surface area contributed by atoms with E-state index in [4.69, 9.17) is 11.6 Å². The Balaban J connectivity index is 2.74. The topological polar surface area (TPSA) is 17.1 Å². The van der Waals surface area contributed by atoms with E-state index in [1.165, 1.54) is 4.88 Å². The summed E-state index contributed by atoms with van der Waals surface area (Å²) < 4.78 is 0. The molecule has 0 saturated heterocycles. The van der Waals surface area contributed by atoms with Gasteiger partial charge in [0.15, 0.2) is 0 Å². The summed E-state index contributed by atoms with van der Waals surface area (Å²) in [6, 6.07) is 4.07. The second kappa shape index (κ2) is 4.77. The normalized spacial score (nSPS) is 13.2. The lowest BCUT2D eigenvalue weighted by molar-refractivity contribution is -0.112. The quantitative estimate of drug-likeness (QED) is 0.703. The Labute approximate surface area is 87.7 Å². The van der Waals surface area contributed by atoms with Crippen molar-refractivity contribution in [3.63, 3.8) is 0 Å². The summed E-state index contributed by atoms with van der Waals surface area (Å²) in [5.74, 6) is 0.742. The van der Waals surface area contributed by atoms with Crippen molar-refractivity contribution in [2.45, 2.75) is 26.2 Å². The van der Waals surface area contributed by atoms with Crippen LogP contribution in [0.5, 0.6) is 0 Å². The van der Waals surface area contributed by atoms with Crippen LogP contribution in [0.25, 0.3) is 0 Å². The van der Waals surface area contributed by atoms with Gasteiger partial charge in [-0.2, -0.15) is 0 Å². The molecular formula is C10H13ClOS. The molecule has 1 atom stereocenters. The number of rotatable bonds is 4. The predicted octanol–water partition coefficient (Wildman–Crippen LogP) is 3.64. The van der Waals surface area contributed by atoms with Gasteiger partial charge in [-0.3, -0.25) is 4.79 Å². The average molecular weight is 217 g/mol. The van der Waals surface area contributed by atoms with Crippen molar-refractivity contribution in [1.29, 1.82) is 0 Å². The van der Waals surface area contributed by atoms with Crippen molar-refractivity contribution in [2.24, 2.45) is 5.92 Å². The fraction of sp³-hybridized carbons (Fsp3) is 0.500. The van der Waals surface area contributed by atoms with Gasteiger partial charge in [0.05, 0.1) is 0 Å². The molecule has 0 saturated carbocycles. The van der Waals surface area contributed by atoms with E-state index in [1.54, 1.807) is 11.3 Å². The molecule has 0 amide bonds. The van der Waals surface area contributed by atoms with Crippen molar-refractivity contribution >= 4 is 28.2 Å². The summed E-state index contributed by atoms with van der Waals surface area (Å²) in [6.45, 7) is 4.23. The zero-order valence-electron chi connectivity index (χ0n) is 7.79. The number of hydrogen-bond donors (Lipinski definition) is 0. The van der Waals surface area contributed by atoms with Crippen molar-refractivity contribution in [1.82, 2.24) is 0 Å². The summed E-state index contributed by atoms with van der Waals surface area (Å²) in [5.41, 5.74) is 0. The summed E-state index contributed by atoms with van der Waals surface area (Å²) in [7, 11) is 0. The molecule has 3 heteroatoms. The first-order valence-corrected chi connectivity index (χ1v) is 5.58. The van der Waals surface area contributed by atoms with E-state index >= 15 is 0 Å². The zero-order valence-corrected chi connectivity index (χ0v) is 9.36. The molecule has 1 aromatic heterocycles. The van der Waals surface area contributed by atoms with E-state index in [0.29, 0.717) is 12.3 Å². The number of thiophene rings is 1. The molecule has 0 aliphatic carbocycles. The minimum Gasteiger partial charge on any atom is -0.281 e. The second-order valence-electron chi connectivity index (χ2n) is 3.43. The summed E-state index contributed by atoms with van der Waals surface area (Å²) in [4.78, 5) is 12.1. The molecule has 0 fully saturated rings. The molecule has 1 aromatic rings. The highest BCUT2D eigenvalue weighted by Crippen LogP contribution is 2.31. The van der Waals surface area contributed by atoms with E-state index in [0.717, 1.165) is 0 Å². The van der Waals surface area contributed by atoms with Gasteiger partial charge in [-0.1, -0.05) is 19.9 Å². The number of carbonyl (C=O) groups excluding carboxylic acids is 1. The molecule has 0 aliphatic heterocycles. The molecule has 0 aromatic carbocycles. The Morgan fingerprint density at radius 1 is 1.62 bits per heavy atom. The van der Waals surface area contributed by atoms with Crippen LogP contribution in [-0.2, 0) is 4.79 Å². The molecule has 1 nitrogen and oxygen atoms in total. The van der Waals surface area contributed by atoms with Gasteiger partial charge in [0, 0.05) is 17.2 Å². The highest BCUT2D eigenvalue weighted by atomic mass is 35.5. The van der Waals surface area contributed by atoms with Gasteiger partial charge in [-0.25, -0.2) is 0 Å². The van der Waals surface area contributed by atoms with Gasteiger partial charge in [0.2, 0.25) is 5.24 Å². The van der Waals surface area contributed by atoms with Crippen LogP contribution in [-0.4, -0.2) is 5.24 Å². The van der Waals surface area contributed by atoms with Crippen LogP contribution >= 0.6 is 22.9 Å². The third-order valence-corrected chi connectivity index (χ3v) is 3.25. The minimum atomic E-state index is -0.243. The van der Waals surface area contributed by atoms with E-state index in [2.05, 4.69) is 19.9 Å². The van der Waals surface area contributed by atoms with Crippen LogP contribution in [0, 0.1) is 5.92 Å². The van der Waals surface area contributed by atoms with Crippen molar-refractivity contribution < 1.29 is 4.79 Å². The standard InChI is InChI=1S/C10H13ClOS/c1-7(2)8(6-10(11)12)9-4-3-5-13-9/h3-5,7-8H,6H2,1-2H3. The van der Waals surface area contributed by atoms with E-state index < -0.39 is 0 Å². The van der Waals surface area contributed by atoms with Crippen LogP contribution in [0.15, 0.2) is 17.5 Å². The SMILES string of the molecule is CC(C)C(CC(=O)Cl)c1cccs1. The van der Waals surface area contributed by atoms with Crippen LogP contribution in [0.3, 0.4) is 0 Å². The first-order valence-electron chi connectivity index (χ1n) is 4.33. The van der Waals surface area contributed by atoms with E-state index in [1.807, 2.05) is 11.4 Å². The summed E-state index contributed by atoms with van der Waals surface area (Å²) in [6.07, 6.45) is 0.444. The maximum absolute atomic E-state index is 10.8. The van der Waals surface area contributed by atoms with Crippen LogP contribution in [0.1, 0.15) is 31.1 Å². The van der Waals surface area contributed by atoms with E-state index in [9.17, 15) is 4.79 Å². The number of hydrogen-bond acceptors (Lipinski definition) is 2. The summed E-state index contributed by atoms with van der Waals surface area (Å²) in [5, 5.41) is 1.79. The largest absolute Gasteiger partial charge is 0.281 e. The fourth-order valence-corrected chi connectivity index (χ4v) is 2.51. The highest BCUT2D eigenvalue weighted by Gasteiger charge is 2.19. The van der Waals surface area contributed by atoms with Gasteiger partial charge < -0.3 is 0 Å². The molecule has 72 valence electrons. The first kappa shape index (κ1) is 10.7. The number of carbonyl (C=O) groups is 1. The van der Waals surface area contributed by atoms with Gasteiger partial charge in [0.25, 0.3) is 0 Å². The monoisotopic (exact) mass is 216 g/mol. The lowest BCUT2D eigenvalue weighted by atomic mass is 9.92. The van der Waals surface area contributed by atoms with Gasteiger partial charge in [-0.05, 0) is 29.0 Å². The lowest BCUT2D eigenvalue weighted by Gasteiger charge is -2.16. The van der Waals surface area contributed by atoms with Gasteiger partial charge >= 0.3 is 0 Å². The fourth-order valence-electron chi connectivity index (χ4n) is 1.34. The molecule has 0 N–H and O–H groups in total. The molecule has 0 radical (unpaired) electrons. The number of halogens is 1. The highest BCUT2D eigenvalue weighted by molar-refractivity contribution is 7.10. The molecular weight excluding hydrogens is 204 g/mol. The van der Waals surface area contributed by atoms with Crippen molar-refractivity contribution in [3.05, 3.63) is 22.4 Å². The van der Waals surface area contributed by atoms with Gasteiger partial charge in [-0.15, -0.1) is 11.3 Å². The minimum absolute atomic E-state index is 0.243. The Hall–Kier alpha value is -0.340. The molecule has 0 spiro atoms. The molecule has 1 heterocycles.